The van der Waals surface area contributed by atoms with Crippen LogP contribution in [-0.4, -0.2) is 15.7 Å². The molecule has 20 heavy (non-hydrogen) atoms. The summed E-state index contributed by atoms with van der Waals surface area (Å²) in [4.78, 5) is 4.53. The van der Waals surface area contributed by atoms with Gasteiger partial charge in [0.05, 0.1) is 11.6 Å². The summed E-state index contributed by atoms with van der Waals surface area (Å²) in [5, 5.41) is 0. The third-order valence-corrected chi connectivity index (χ3v) is 3.50. The van der Waals surface area contributed by atoms with Gasteiger partial charge in [0.1, 0.15) is 11.3 Å². The third-order valence-electron chi connectivity index (χ3n) is 3.50. The summed E-state index contributed by atoms with van der Waals surface area (Å²) in [5.41, 5.74) is 8.00. The average molecular weight is 275 g/mol. The molecule has 0 aliphatic carbocycles. The number of aromatic nitrogens is 2. The number of nitrogens with two attached hydrogens (primary N) is 1. The minimum Gasteiger partial charge on any atom is -0.489 e. The lowest BCUT2D eigenvalue weighted by Crippen LogP contribution is -2.27. The Morgan fingerprint density at radius 2 is 2.05 bits per heavy atom. The standard InChI is InChI=1S/C16H25N3O/c1-6-10-16(4,5)19-12-8-7-9-13(20-11(2)3)14(12)18-15(19)17/h7-9,11H,6,10H2,1-5H3,(H2,17,18). The number of ether oxygens (including phenoxy) is 1. The highest BCUT2D eigenvalue weighted by molar-refractivity contribution is 5.84. The smallest absolute Gasteiger partial charge is 0.201 e. The maximum absolute atomic E-state index is 6.17. The number of hydrogen-bond acceptors (Lipinski definition) is 3. The van der Waals surface area contributed by atoms with Crippen molar-refractivity contribution in [2.45, 2.75) is 59.1 Å². The Hall–Kier alpha value is -1.71. The number of anilines is 1. The van der Waals surface area contributed by atoms with E-state index >= 15 is 0 Å². The quantitative estimate of drug-likeness (QED) is 0.899. The van der Waals surface area contributed by atoms with Gasteiger partial charge in [0.15, 0.2) is 0 Å². The van der Waals surface area contributed by atoms with E-state index in [0.29, 0.717) is 5.95 Å². The molecule has 0 amide bonds. The largest absolute Gasteiger partial charge is 0.489 e. The van der Waals surface area contributed by atoms with Gasteiger partial charge in [0.25, 0.3) is 0 Å². The number of nitrogen functional groups attached to an aromatic ring is 1. The predicted octanol–water partition coefficient (Wildman–Crippen LogP) is 3.94. The van der Waals surface area contributed by atoms with Crippen LogP contribution in [0.25, 0.3) is 11.0 Å². The molecule has 0 atom stereocenters. The molecule has 0 saturated carbocycles. The Bertz CT molecular complexity index is 599. The Balaban J connectivity index is 2.60. The molecule has 1 heterocycles. The molecule has 110 valence electrons. The number of nitrogens with zero attached hydrogens (tertiary/aromatic N) is 2. The van der Waals surface area contributed by atoms with Crippen LogP contribution in [0.3, 0.4) is 0 Å². The average Bonchev–Trinajstić information content (AvgIpc) is 2.66. The van der Waals surface area contributed by atoms with Gasteiger partial charge in [-0.15, -0.1) is 0 Å². The van der Waals surface area contributed by atoms with Crippen molar-refractivity contribution >= 4 is 17.0 Å². The second-order valence-corrected chi connectivity index (χ2v) is 6.16. The van der Waals surface area contributed by atoms with Crippen molar-refractivity contribution < 1.29 is 4.74 Å². The van der Waals surface area contributed by atoms with Crippen LogP contribution >= 0.6 is 0 Å². The van der Waals surface area contributed by atoms with E-state index in [1.165, 1.54) is 0 Å². The van der Waals surface area contributed by atoms with Gasteiger partial charge >= 0.3 is 0 Å². The monoisotopic (exact) mass is 275 g/mol. The first-order chi connectivity index (χ1) is 9.36. The first kappa shape index (κ1) is 14.7. The zero-order valence-corrected chi connectivity index (χ0v) is 13.1. The molecule has 2 rings (SSSR count). The first-order valence-electron chi connectivity index (χ1n) is 7.31. The second-order valence-electron chi connectivity index (χ2n) is 6.16. The molecular weight excluding hydrogens is 250 g/mol. The van der Waals surface area contributed by atoms with Crippen LogP contribution in [0.1, 0.15) is 47.5 Å². The SMILES string of the molecule is CCCC(C)(C)n1c(N)nc2c(OC(C)C)cccc21. The van der Waals surface area contributed by atoms with Gasteiger partial charge in [0.2, 0.25) is 5.95 Å². The number of benzene rings is 1. The molecule has 1 aromatic carbocycles. The molecule has 0 unspecified atom stereocenters. The molecule has 1 aromatic heterocycles. The van der Waals surface area contributed by atoms with Crippen molar-refractivity contribution in [3.8, 4) is 5.75 Å². The van der Waals surface area contributed by atoms with Crippen LogP contribution in [-0.2, 0) is 5.54 Å². The molecule has 0 bridgehead atoms. The van der Waals surface area contributed by atoms with Crippen LogP contribution in [0, 0.1) is 0 Å². The Morgan fingerprint density at radius 3 is 2.65 bits per heavy atom. The van der Waals surface area contributed by atoms with Crippen molar-refractivity contribution in [2.24, 2.45) is 0 Å². The van der Waals surface area contributed by atoms with E-state index in [-0.39, 0.29) is 11.6 Å². The maximum Gasteiger partial charge on any atom is 0.201 e. The first-order valence-corrected chi connectivity index (χ1v) is 7.31. The Labute approximate surface area is 120 Å². The van der Waals surface area contributed by atoms with Gasteiger partial charge in [-0.05, 0) is 46.2 Å². The molecule has 2 aromatic rings. The van der Waals surface area contributed by atoms with E-state index in [1.807, 2.05) is 26.0 Å². The van der Waals surface area contributed by atoms with E-state index in [4.69, 9.17) is 10.5 Å². The molecule has 0 spiro atoms. The lowest BCUT2D eigenvalue weighted by Gasteiger charge is -2.28. The fourth-order valence-electron chi connectivity index (χ4n) is 2.80. The van der Waals surface area contributed by atoms with E-state index in [9.17, 15) is 0 Å². The van der Waals surface area contributed by atoms with Crippen LogP contribution < -0.4 is 10.5 Å². The fourth-order valence-corrected chi connectivity index (χ4v) is 2.80. The third kappa shape index (κ3) is 2.60. The molecule has 0 fully saturated rings. The number of hydrogen-bond donors (Lipinski definition) is 1. The van der Waals surface area contributed by atoms with Crippen LogP contribution in [0.4, 0.5) is 5.95 Å². The highest BCUT2D eigenvalue weighted by Crippen LogP contribution is 2.34. The molecule has 0 saturated heterocycles. The van der Waals surface area contributed by atoms with Crippen molar-refractivity contribution in [1.82, 2.24) is 9.55 Å². The van der Waals surface area contributed by atoms with Gasteiger partial charge in [-0.1, -0.05) is 19.4 Å². The second kappa shape index (κ2) is 5.35. The summed E-state index contributed by atoms with van der Waals surface area (Å²) in [6, 6.07) is 6.01. The van der Waals surface area contributed by atoms with Crippen LogP contribution in [0.15, 0.2) is 18.2 Å². The normalized spacial score (nSPS) is 12.3. The highest BCUT2D eigenvalue weighted by Gasteiger charge is 2.25. The topological polar surface area (TPSA) is 53.1 Å². The van der Waals surface area contributed by atoms with E-state index in [2.05, 4.69) is 36.4 Å². The van der Waals surface area contributed by atoms with Gasteiger partial charge in [0, 0.05) is 5.54 Å². The van der Waals surface area contributed by atoms with Crippen molar-refractivity contribution in [3.63, 3.8) is 0 Å². The number of fused-ring (bicyclic) bond motifs is 1. The lowest BCUT2D eigenvalue weighted by atomic mass is 9.98. The predicted molar refractivity (Wildman–Crippen MR) is 84.1 cm³/mol. The van der Waals surface area contributed by atoms with E-state index < -0.39 is 0 Å². The Kier molecular flexibility index (Phi) is 3.93. The highest BCUT2D eigenvalue weighted by atomic mass is 16.5. The van der Waals surface area contributed by atoms with Crippen molar-refractivity contribution in [3.05, 3.63) is 18.2 Å². The van der Waals surface area contributed by atoms with Crippen LogP contribution in [0.2, 0.25) is 0 Å². The fraction of sp³-hybridized carbons (Fsp3) is 0.562. The summed E-state index contributed by atoms with van der Waals surface area (Å²) >= 11 is 0. The number of imidazole rings is 1. The van der Waals surface area contributed by atoms with Gasteiger partial charge in [-0.25, -0.2) is 4.98 Å². The summed E-state index contributed by atoms with van der Waals surface area (Å²) in [6.45, 7) is 10.6. The number of para-hydroxylation sites is 1. The zero-order chi connectivity index (χ0) is 14.9. The van der Waals surface area contributed by atoms with Crippen molar-refractivity contribution in [2.75, 3.05) is 5.73 Å². The number of rotatable bonds is 5. The minimum atomic E-state index is -0.0516. The Morgan fingerprint density at radius 1 is 1.35 bits per heavy atom. The van der Waals surface area contributed by atoms with Gasteiger partial charge in [-0.2, -0.15) is 0 Å². The summed E-state index contributed by atoms with van der Waals surface area (Å²) in [6.07, 6.45) is 2.28. The van der Waals surface area contributed by atoms with E-state index in [0.717, 1.165) is 29.6 Å². The van der Waals surface area contributed by atoms with Crippen molar-refractivity contribution in [1.29, 1.82) is 0 Å². The van der Waals surface area contributed by atoms with Gasteiger partial charge in [-0.3, -0.25) is 0 Å². The summed E-state index contributed by atoms with van der Waals surface area (Å²) < 4.78 is 7.96. The molecule has 0 aliphatic rings. The lowest BCUT2D eigenvalue weighted by molar-refractivity contribution is 0.245. The van der Waals surface area contributed by atoms with Crippen LogP contribution in [0.5, 0.6) is 5.75 Å². The molecule has 0 radical (unpaired) electrons. The molecule has 2 N–H and O–H groups in total. The summed E-state index contributed by atoms with van der Waals surface area (Å²) in [5.74, 6) is 1.36. The minimum absolute atomic E-state index is 0.0516. The molecule has 4 heteroatoms. The molecular formula is C16H25N3O. The molecule has 4 nitrogen and oxygen atoms in total. The maximum atomic E-state index is 6.17. The summed E-state index contributed by atoms with van der Waals surface area (Å²) in [7, 11) is 0. The molecule has 0 aliphatic heterocycles. The van der Waals surface area contributed by atoms with Gasteiger partial charge < -0.3 is 15.0 Å². The zero-order valence-electron chi connectivity index (χ0n) is 13.1. The van der Waals surface area contributed by atoms with E-state index in [1.54, 1.807) is 0 Å².